The van der Waals surface area contributed by atoms with Gasteiger partial charge in [0.15, 0.2) is 5.65 Å². The molecular weight excluding hydrogens is 360 g/mol. The second-order valence-electron chi connectivity index (χ2n) is 7.25. The van der Waals surface area contributed by atoms with E-state index in [1.807, 2.05) is 46.7 Å². The molecule has 1 aliphatic heterocycles. The molecule has 0 saturated carbocycles. The number of likely N-dealkylation sites (tertiary alicyclic amines) is 1. The molecule has 1 fully saturated rings. The zero-order valence-corrected chi connectivity index (χ0v) is 16.4. The lowest BCUT2D eigenvalue weighted by Crippen LogP contribution is -2.38. The molecule has 0 spiro atoms. The van der Waals surface area contributed by atoms with Gasteiger partial charge in [-0.1, -0.05) is 37.6 Å². The van der Waals surface area contributed by atoms with Crippen molar-refractivity contribution in [3.8, 4) is 11.3 Å². The monoisotopic (exact) mass is 382 g/mol. The van der Waals surface area contributed by atoms with Crippen LogP contribution in [0.25, 0.3) is 16.9 Å². The lowest BCUT2D eigenvalue weighted by molar-refractivity contribution is 0.0695. The maximum Gasteiger partial charge on any atom is 0.257 e. The normalized spacial score (nSPS) is 15.4. The van der Waals surface area contributed by atoms with Crippen LogP contribution in [0.3, 0.4) is 0 Å². The van der Waals surface area contributed by atoms with Crippen LogP contribution >= 0.6 is 11.6 Å². The summed E-state index contributed by atoms with van der Waals surface area (Å²) >= 11 is 5.98. The number of halogens is 1. The van der Waals surface area contributed by atoms with E-state index in [2.05, 4.69) is 11.9 Å². The molecule has 0 bridgehead atoms. The van der Waals surface area contributed by atoms with Crippen LogP contribution < -0.4 is 0 Å². The topological polar surface area (TPSA) is 50.5 Å². The van der Waals surface area contributed by atoms with Gasteiger partial charge in [0.05, 0.1) is 17.0 Å². The minimum atomic E-state index is 0.0664. The van der Waals surface area contributed by atoms with Crippen molar-refractivity contribution in [3.05, 3.63) is 52.8 Å². The van der Waals surface area contributed by atoms with E-state index in [1.54, 1.807) is 6.20 Å². The second-order valence-corrected chi connectivity index (χ2v) is 7.69. The summed E-state index contributed by atoms with van der Waals surface area (Å²) in [6.07, 6.45) is 4.55. The smallest absolute Gasteiger partial charge is 0.257 e. The molecule has 0 aliphatic carbocycles. The molecule has 5 nitrogen and oxygen atoms in total. The first-order chi connectivity index (χ1) is 13.1. The highest BCUT2D eigenvalue weighted by Crippen LogP contribution is 2.24. The van der Waals surface area contributed by atoms with Gasteiger partial charge in [-0.15, -0.1) is 0 Å². The third-order valence-corrected chi connectivity index (χ3v) is 5.61. The lowest BCUT2D eigenvalue weighted by Gasteiger charge is -2.30. The largest absolute Gasteiger partial charge is 0.339 e. The first kappa shape index (κ1) is 18.0. The molecule has 27 heavy (non-hydrogen) atoms. The maximum atomic E-state index is 13.1. The molecule has 6 heteroatoms. The minimum absolute atomic E-state index is 0.0664. The van der Waals surface area contributed by atoms with Crippen molar-refractivity contribution in [2.24, 2.45) is 5.92 Å². The summed E-state index contributed by atoms with van der Waals surface area (Å²) in [4.78, 5) is 19.5. The van der Waals surface area contributed by atoms with Crippen LogP contribution in [-0.2, 0) is 6.42 Å². The molecule has 1 aliphatic rings. The molecule has 140 valence electrons. The molecule has 1 amide bonds. The zero-order valence-electron chi connectivity index (χ0n) is 15.7. The fourth-order valence-electron chi connectivity index (χ4n) is 3.64. The predicted octanol–water partition coefficient (Wildman–Crippen LogP) is 4.48. The standard InChI is InChI=1S/C21H23ClN4O/c1-3-19-17(21(27)25-10-8-14(2)9-11-25)13-23-20-12-18(24-26(19)20)15-4-6-16(22)7-5-15/h4-7,12-14H,3,8-11H2,1-2H3. The highest BCUT2D eigenvalue weighted by Gasteiger charge is 2.25. The van der Waals surface area contributed by atoms with Crippen LogP contribution in [0.1, 0.15) is 42.7 Å². The number of fused-ring (bicyclic) bond motifs is 1. The Morgan fingerprint density at radius 3 is 2.59 bits per heavy atom. The Balaban J connectivity index is 1.72. The fraction of sp³-hybridized carbons (Fsp3) is 0.381. The Morgan fingerprint density at radius 2 is 1.93 bits per heavy atom. The number of amides is 1. The second kappa shape index (κ2) is 7.31. The van der Waals surface area contributed by atoms with E-state index in [-0.39, 0.29) is 5.91 Å². The summed E-state index contributed by atoms with van der Waals surface area (Å²) in [5.41, 5.74) is 4.12. The number of hydrogen-bond acceptors (Lipinski definition) is 3. The van der Waals surface area contributed by atoms with Crippen molar-refractivity contribution < 1.29 is 4.79 Å². The summed E-state index contributed by atoms with van der Waals surface area (Å²) in [5.74, 6) is 0.755. The van der Waals surface area contributed by atoms with Gasteiger partial charge in [0.25, 0.3) is 5.91 Å². The molecule has 0 radical (unpaired) electrons. The number of carbonyl (C=O) groups excluding carboxylic acids is 1. The van der Waals surface area contributed by atoms with Gasteiger partial charge in [-0.2, -0.15) is 5.10 Å². The van der Waals surface area contributed by atoms with Crippen molar-refractivity contribution in [2.75, 3.05) is 13.1 Å². The molecule has 0 N–H and O–H groups in total. The zero-order chi connectivity index (χ0) is 19.0. The number of carbonyl (C=O) groups is 1. The van der Waals surface area contributed by atoms with E-state index < -0.39 is 0 Å². The van der Waals surface area contributed by atoms with E-state index >= 15 is 0 Å². The summed E-state index contributed by atoms with van der Waals surface area (Å²) in [7, 11) is 0. The summed E-state index contributed by atoms with van der Waals surface area (Å²) in [6, 6.07) is 9.52. The van der Waals surface area contributed by atoms with Gasteiger partial charge in [-0.05, 0) is 37.3 Å². The van der Waals surface area contributed by atoms with Crippen molar-refractivity contribution in [1.29, 1.82) is 0 Å². The number of hydrogen-bond donors (Lipinski definition) is 0. The van der Waals surface area contributed by atoms with Crippen LogP contribution in [0.4, 0.5) is 0 Å². The fourth-order valence-corrected chi connectivity index (χ4v) is 3.77. The predicted molar refractivity (Wildman–Crippen MR) is 107 cm³/mol. The van der Waals surface area contributed by atoms with Gasteiger partial charge < -0.3 is 4.90 Å². The summed E-state index contributed by atoms with van der Waals surface area (Å²) in [5, 5.41) is 5.42. The van der Waals surface area contributed by atoms with E-state index in [0.717, 1.165) is 48.5 Å². The van der Waals surface area contributed by atoms with Gasteiger partial charge in [0.1, 0.15) is 0 Å². The van der Waals surface area contributed by atoms with Crippen molar-refractivity contribution in [1.82, 2.24) is 19.5 Å². The van der Waals surface area contributed by atoms with Gasteiger partial charge >= 0.3 is 0 Å². The van der Waals surface area contributed by atoms with Crippen LogP contribution in [0.5, 0.6) is 0 Å². The first-order valence-corrected chi connectivity index (χ1v) is 9.87. The SMILES string of the molecule is CCc1c(C(=O)N2CCC(C)CC2)cnc2cc(-c3ccc(Cl)cc3)nn12. The molecule has 0 unspecified atom stereocenters. The molecule has 0 atom stereocenters. The van der Waals surface area contributed by atoms with Crippen LogP contribution in [0.15, 0.2) is 36.5 Å². The number of aromatic nitrogens is 3. The quantitative estimate of drug-likeness (QED) is 0.670. The highest BCUT2D eigenvalue weighted by atomic mass is 35.5. The Morgan fingerprint density at radius 1 is 1.22 bits per heavy atom. The van der Waals surface area contributed by atoms with Gasteiger partial charge in [-0.3, -0.25) is 4.79 Å². The van der Waals surface area contributed by atoms with E-state index in [4.69, 9.17) is 16.7 Å². The molecular formula is C21H23ClN4O. The van der Waals surface area contributed by atoms with E-state index in [1.165, 1.54) is 0 Å². The number of piperidine rings is 1. The van der Waals surface area contributed by atoms with Gasteiger partial charge in [-0.25, -0.2) is 9.50 Å². The summed E-state index contributed by atoms with van der Waals surface area (Å²) in [6.45, 7) is 5.93. The summed E-state index contributed by atoms with van der Waals surface area (Å²) < 4.78 is 1.81. The Labute approximate surface area is 164 Å². The van der Waals surface area contributed by atoms with Crippen LogP contribution in [0, 0.1) is 5.92 Å². The number of benzene rings is 1. The van der Waals surface area contributed by atoms with Gasteiger partial charge in [0, 0.05) is 35.9 Å². The molecule has 3 heterocycles. The average Bonchev–Trinajstić information content (AvgIpc) is 3.12. The van der Waals surface area contributed by atoms with Crippen LogP contribution in [0.2, 0.25) is 5.02 Å². The van der Waals surface area contributed by atoms with Crippen molar-refractivity contribution >= 4 is 23.2 Å². The Kier molecular flexibility index (Phi) is 4.87. The van der Waals surface area contributed by atoms with Crippen LogP contribution in [-0.4, -0.2) is 38.5 Å². The number of aryl methyl sites for hydroxylation is 1. The highest BCUT2D eigenvalue weighted by molar-refractivity contribution is 6.30. The Hall–Kier alpha value is -2.40. The Bertz CT molecular complexity index is 972. The first-order valence-electron chi connectivity index (χ1n) is 9.49. The van der Waals surface area contributed by atoms with E-state index in [9.17, 15) is 4.79 Å². The third kappa shape index (κ3) is 3.44. The van der Waals surface area contributed by atoms with Gasteiger partial charge in [0.2, 0.25) is 0 Å². The van der Waals surface area contributed by atoms with Crippen molar-refractivity contribution in [2.45, 2.75) is 33.1 Å². The van der Waals surface area contributed by atoms with E-state index in [0.29, 0.717) is 22.9 Å². The van der Waals surface area contributed by atoms with Crippen molar-refractivity contribution in [3.63, 3.8) is 0 Å². The minimum Gasteiger partial charge on any atom is -0.339 e. The molecule has 2 aromatic heterocycles. The number of rotatable bonds is 3. The third-order valence-electron chi connectivity index (χ3n) is 5.36. The average molecular weight is 383 g/mol. The molecule has 1 saturated heterocycles. The number of nitrogens with zero attached hydrogens (tertiary/aromatic N) is 4. The lowest BCUT2D eigenvalue weighted by atomic mass is 9.98. The molecule has 1 aromatic carbocycles. The molecule has 4 rings (SSSR count). The maximum absolute atomic E-state index is 13.1. The molecule has 3 aromatic rings.